The van der Waals surface area contributed by atoms with Crippen molar-refractivity contribution in [1.29, 1.82) is 0 Å². The number of halogens is 1. The van der Waals surface area contributed by atoms with Gasteiger partial charge in [-0.2, -0.15) is 0 Å². The van der Waals surface area contributed by atoms with Crippen molar-refractivity contribution >= 4 is 34.1 Å². The smallest absolute Gasteiger partial charge is 0.180 e. The Balaban J connectivity index is 2.88. The van der Waals surface area contributed by atoms with Crippen LogP contribution in [0, 0.1) is 10.6 Å². The van der Waals surface area contributed by atoms with Gasteiger partial charge in [0.15, 0.2) is 11.5 Å². The van der Waals surface area contributed by atoms with Gasteiger partial charge in [0.05, 0.1) is 5.69 Å². The third kappa shape index (κ3) is 1.13. The summed E-state index contributed by atoms with van der Waals surface area (Å²) in [5, 5.41) is 0. The molecule has 0 fully saturated rings. The quantitative estimate of drug-likeness (QED) is 0.735. The van der Waals surface area contributed by atoms with Gasteiger partial charge in [-0.05, 0) is 29.5 Å². The summed E-state index contributed by atoms with van der Waals surface area (Å²) in [5.74, 6) is 0.484. The third-order valence-electron chi connectivity index (χ3n) is 1.55. The van der Waals surface area contributed by atoms with Gasteiger partial charge in [0.2, 0.25) is 0 Å². The zero-order valence-corrected chi connectivity index (χ0v) is 8.61. The van der Waals surface area contributed by atoms with E-state index in [9.17, 15) is 0 Å². The lowest BCUT2D eigenvalue weighted by Crippen LogP contribution is -1.97. The first-order chi connectivity index (χ1) is 5.66. The molecular formula is C7H7IN4. The van der Waals surface area contributed by atoms with E-state index in [4.69, 9.17) is 5.73 Å². The maximum atomic E-state index is 5.67. The second-order valence-corrected chi connectivity index (χ2v) is 3.67. The molecule has 0 bridgehead atoms. The van der Waals surface area contributed by atoms with Crippen molar-refractivity contribution in [2.24, 2.45) is 0 Å². The summed E-state index contributed by atoms with van der Waals surface area (Å²) in [6.07, 6.45) is 3.82. The molecule has 4 nitrogen and oxygen atoms in total. The number of aryl methyl sites for hydroxylation is 1. The van der Waals surface area contributed by atoms with E-state index in [0.29, 0.717) is 5.82 Å². The zero-order chi connectivity index (χ0) is 8.72. The van der Waals surface area contributed by atoms with Crippen LogP contribution < -0.4 is 5.73 Å². The summed E-state index contributed by atoms with van der Waals surface area (Å²) in [4.78, 5) is 8.32. The number of hydrogen-bond acceptors (Lipinski definition) is 3. The van der Waals surface area contributed by atoms with Gasteiger partial charge in [0.25, 0.3) is 0 Å². The molecule has 0 unspecified atom stereocenters. The van der Waals surface area contributed by atoms with E-state index in [1.54, 1.807) is 0 Å². The van der Waals surface area contributed by atoms with Gasteiger partial charge in [-0.25, -0.2) is 9.97 Å². The molecule has 2 N–H and O–H groups in total. The van der Waals surface area contributed by atoms with Crippen molar-refractivity contribution in [1.82, 2.24) is 14.4 Å². The number of aromatic nitrogens is 3. The van der Waals surface area contributed by atoms with Gasteiger partial charge in [0, 0.05) is 12.4 Å². The molecule has 2 rings (SSSR count). The molecule has 0 spiro atoms. The lowest BCUT2D eigenvalue weighted by molar-refractivity contribution is 1.08. The summed E-state index contributed by atoms with van der Waals surface area (Å²) < 4.78 is 2.81. The Labute approximate surface area is 83.0 Å². The number of nitrogens with zero attached hydrogens (tertiary/aromatic N) is 3. The van der Waals surface area contributed by atoms with Crippen LogP contribution >= 0.6 is 22.6 Å². The van der Waals surface area contributed by atoms with Gasteiger partial charge in [-0.15, -0.1) is 0 Å². The summed E-state index contributed by atoms with van der Waals surface area (Å²) >= 11 is 2.15. The highest BCUT2D eigenvalue weighted by molar-refractivity contribution is 14.1. The fraction of sp³-hybridized carbons (Fsp3) is 0.143. The molecule has 2 aromatic rings. The van der Waals surface area contributed by atoms with Crippen LogP contribution in [0.1, 0.15) is 5.69 Å². The van der Waals surface area contributed by atoms with E-state index in [-0.39, 0.29) is 0 Å². The SMILES string of the molecule is Cc1cn2cc(I)nc2c(N)n1. The lowest BCUT2D eigenvalue weighted by atomic mass is 10.5. The van der Waals surface area contributed by atoms with E-state index in [2.05, 4.69) is 32.6 Å². The highest BCUT2D eigenvalue weighted by atomic mass is 127. The first kappa shape index (κ1) is 7.78. The largest absolute Gasteiger partial charge is 0.381 e. The summed E-state index contributed by atoms with van der Waals surface area (Å²) in [6, 6.07) is 0. The molecule has 2 aromatic heterocycles. The Morgan fingerprint density at radius 2 is 2.17 bits per heavy atom. The molecule has 62 valence electrons. The first-order valence-corrected chi connectivity index (χ1v) is 4.52. The predicted molar refractivity (Wildman–Crippen MR) is 54.9 cm³/mol. The molecule has 0 radical (unpaired) electrons. The molecule has 0 aromatic carbocycles. The van der Waals surface area contributed by atoms with Crippen molar-refractivity contribution in [3.63, 3.8) is 0 Å². The van der Waals surface area contributed by atoms with Gasteiger partial charge in [-0.3, -0.25) is 0 Å². The fourth-order valence-corrected chi connectivity index (χ4v) is 1.65. The summed E-state index contributed by atoms with van der Waals surface area (Å²) in [6.45, 7) is 1.91. The lowest BCUT2D eigenvalue weighted by Gasteiger charge is -1.97. The van der Waals surface area contributed by atoms with Crippen molar-refractivity contribution in [2.45, 2.75) is 6.92 Å². The molecule has 0 saturated carbocycles. The standard InChI is InChI=1S/C7H7IN4/c1-4-2-12-3-5(8)11-7(12)6(9)10-4/h2-3H,1H3,(H2,9,10). The van der Waals surface area contributed by atoms with E-state index in [1.807, 2.05) is 23.7 Å². The van der Waals surface area contributed by atoms with Crippen molar-refractivity contribution in [2.75, 3.05) is 5.73 Å². The van der Waals surface area contributed by atoms with Gasteiger partial charge < -0.3 is 10.1 Å². The van der Waals surface area contributed by atoms with Gasteiger partial charge in [-0.1, -0.05) is 0 Å². The van der Waals surface area contributed by atoms with Crippen molar-refractivity contribution in [3.05, 3.63) is 21.8 Å². The second-order valence-electron chi connectivity index (χ2n) is 2.56. The Morgan fingerprint density at radius 1 is 1.42 bits per heavy atom. The van der Waals surface area contributed by atoms with E-state index < -0.39 is 0 Å². The molecule has 12 heavy (non-hydrogen) atoms. The Bertz CT molecular complexity index is 434. The minimum Gasteiger partial charge on any atom is -0.381 e. The molecular weight excluding hydrogens is 267 g/mol. The maximum absolute atomic E-state index is 5.67. The molecule has 0 saturated heterocycles. The van der Waals surface area contributed by atoms with Crippen LogP contribution in [0.5, 0.6) is 0 Å². The van der Waals surface area contributed by atoms with Crippen LogP contribution in [0.2, 0.25) is 0 Å². The Kier molecular flexibility index (Phi) is 1.67. The zero-order valence-electron chi connectivity index (χ0n) is 6.45. The third-order valence-corrected chi connectivity index (χ3v) is 2.07. The van der Waals surface area contributed by atoms with Crippen LogP contribution in [-0.2, 0) is 0 Å². The summed E-state index contributed by atoms with van der Waals surface area (Å²) in [7, 11) is 0. The van der Waals surface area contributed by atoms with Crippen molar-refractivity contribution < 1.29 is 0 Å². The highest BCUT2D eigenvalue weighted by Crippen LogP contribution is 2.12. The number of nitrogens with two attached hydrogens (primary N) is 1. The van der Waals surface area contributed by atoms with Gasteiger partial charge in [0.1, 0.15) is 3.70 Å². The predicted octanol–water partition coefficient (Wildman–Crippen LogP) is 1.22. The molecule has 0 aliphatic rings. The number of imidazole rings is 1. The van der Waals surface area contributed by atoms with Crippen LogP contribution in [0.3, 0.4) is 0 Å². The average Bonchev–Trinajstić information content (AvgIpc) is 2.29. The normalized spacial score (nSPS) is 10.8. The number of hydrogen-bond donors (Lipinski definition) is 1. The average molecular weight is 274 g/mol. The van der Waals surface area contributed by atoms with E-state index >= 15 is 0 Å². The minimum absolute atomic E-state index is 0.484. The van der Waals surface area contributed by atoms with Gasteiger partial charge >= 0.3 is 0 Å². The molecule has 2 heterocycles. The molecule has 0 amide bonds. The molecule has 5 heteroatoms. The number of nitrogen functional groups attached to an aromatic ring is 1. The summed E-state index contributed by atoms with van der Waals surface area (Å²) in [5.41, 5.74) is 7.30. The minimum atomic E-state index is 0.484. The monoisotopic (exact) mass is 274 g/mol. The number of anilines is 1. The van der Waals surface area contributed by atoms with Crippen LogP contribution in [-0.4, -0.2) is 14.4 Å². The molecule has 0 aliphatic carbocycles. The van der Waals surface area contributed by atoms with E-state index in [1.165, 1.54) is 0 Å². The Morgan fingerprint density at radius 3 is 2.92 bits per heavy atom. The van der Waals surface area contributed by atoms with Crippen LogP contribution in [0.4, 0.5) is 5.82 Å². The van der Waals surface area contributed by atoms with Crippen LogP contribution in [0.25, 0.3) is 5.65 Å². The topological polar surface area (TPSA) is 56.2 Å². The highest BCUT2D eigenvalue weighted by Gasteiger charge is 2.03. The second kappa shape index (κ2) is 2.58. The number of rotatable bonds is 0. The molecule has 0 atom stereocenters. The number of fused-ring (bicyclic) bond motifs is 1. The Hall–Kier alpha value is -0.850. The molecule has 0 aliphatic heterocycles. The fourth-order valence-electron chi connectivity index (χ4n) is 1.12. The maximum Gasteiger partial charge on any atom is 0.180 e. The van der Waals surface area contributed by atoms with E-state index in [0.717, 1.165) is 15.0 Å². The van der Waals surface area contributed by atoms with Crippen LogP contribution in [0.15, 0.2) is 12.4 Å². The van der Waals surface area contributed by atoms with Crippen molar-refractivity contribution in [3.8, 4) is 0 Å². The first-order valence-electron chi connectivity index (χ1n) is 3.44.